The molecule has 0 saturated carbocycles. The Morgan fingerprint density at radius 3 is 2.52 bits per heavy atom. The number of carbonyl (C=O) groups excluding carboxylic acids is 1. The Balaban J connectivity index is 2.31. The molecule has 0 aliphatic rings. The van der Waals surface area contributed by atoms with E-state index in [1.807, 2.05) is 36.4 Å². The summed E-state index contributed by atoms with van der Waals surface area (Å²) in [7, 11) is 0. The van der Waals surface area contributed by atoms with Gasteiger partial charge in [0.2, 0.25) is 0 Å². The number of benzene rings is 2. The third kappa shape index (κ3) is 3.73. The van der Waals surface area contributed by atoms with Crippen molar-refractivity contribution in [2.24, 2.45) is 0 Å². The molecular formula is C17H20O4. The number of hydrogen-bond donors (Lipinski definition) is 1. The van der Waals surface area contributed by atoms with Crippen molar-refractivity contribution < 1.29 is 19.4 Å². The quantitative estimate of drug-likeness (QED) is 0.858. The van der Waals surface area contributed by atoms with E-state index in [2.05, 4.69) is 0 Å². The molecule has 0 aromatic heterocycles. The summed E-state index contributed by atoms with van der Waals surface area (Å²) in [4.78, 5) is 11.6. The maximum atomic E-state index is 11.6. The number of hydrogen-bond acceptors (Lipinski definition) is 4. The topological polar surface area (TPSA) is 55.8 Å². The highest BCUT2D eigenvalue weighted by atomic mass is 16.6. The summed E-state index contributed by atoms with van der Waals surface area (Å²) in [5.41, 5.74) is 0.658. The molecule has 4 heteroatoms. The van der Waals surface area contributed by atoms with E-state index < -0.39 is 12.1 Å². The molecule has 1 atom stereocenters. The Morgan fingerprint density at radius 2 is 1.86 bits per heavy atom. The van der Waals surface area contributed by atoms with E-state index in [4.69, 9.17) is 9.47 Å². The van der Waals surface area contributed by atoms with Crippen molar-refractivity contribution in [2.75, 3.05) is 6.61 Å². The lowest BCUT2D eigenvalue weighted by atomic mass is 10.0. The van der Waals surface area contributed by atoms with Gasteiger partial charge >= 0.3 is 5.97 Å². The first-order chi connectivity index (χ1) is 9.99. The van der Waals surface area contributed by atoms with E-state index in [9.17, 15) is 9.90 Å². The van der Waals surface area contributed by atoms with Crippen LogP contribution in [0.25, 0.3) is 10.8 Å². The van der Waals surface area contributed by atoms with Crippen LogP contribution in [0.2, 0.25) is 0 Å². The molecule has 0 aliphatic carbocycles. The van der Waals surface area contributed by atoms with Gasteiger partial charge in [0.05, 0.1) is 12.2 Å². The molecule has 0 heterocycles. The van der Waals surface area contributed by atoms with Gasteiger partial charge in [-0.3, -0.25) is 0 Å². The molecule has 0 radical (unpaired) electrons. The summed E-state index contributed by atoms with van der Waals surface area (Å²) in [6, 6.07) is 11.4. The predicted molar refractivity (Wildman–Crippen MR) is 81.3 cm³/mol. The Labute approximate surface area is 124 Å². The molecule has 2 aromatic carbocycles. The molecule has 0 aliphatic heterocycles. The van der Waals surface area contributed by atoms with Crippen LogP contribution in [-0.2, 0) is 9.53 Å². The zero-order valence-corrected chi connectivity index (χ0v) is 12.5. The zero-order chi connectivity index (χ0) is 15.4. The number of fused-ring (bicyclic) bond motifs is 1. The highest BCUT2D eigenvalue weighted by Crippen LogP contribution is 2.33. The van der Waals surface area contributed by atoms with Crippen molar-refractivity contribution in [3.8, 4) is 5.75 Å². The molecule has 112 valence electrons. The van der Waals surface area contributed by atoms with Gasteiger partial charge in [-0.15, -0.1) is 0 Å². The van der Waals surface area contributed by atoms with Crippen molar-refractivity contribution in [3.05, 3.63) is 42.0 Å². The van der Waals surface area contributed by atoms with E-state index in [0.717, 1.165) is 10.8 Å². The molecule has 0 bridgehead atoms. The molecule has 21 heavy (non-hydrogen) atoms. The first-order valence-corrected chi connectivity index (χ1v) is 7.01. The normalized spacial score (nSPS) is 12.4. The van der Waals surface area contributed by atoms with Gasteiger partial charge in [-0.2, -0.15) is 0 Å². The second-order valence-corrected chi connectivity index (χ2v) is 5.21. The molecule has 2 rings (SSSR count). The van der Waals surface area contributed by atoms with E-state index in [0.29, 0.717) is 11.3 Å². The number of aliphatic hydroxyl groups is 1. The van der Waals surface area contributed by atoms with E-state index in [-0.39, 0.29) is 12.7 Å². The number of ether oxygens (including phenoxy) is 2. The average Bonchev–Trinajstić information content (AvgIpc) is 2.43. The van der Waals surface area contributed by atoms with Crippen LogP contribution in [0.4, 0.5) is 0 Å². The van der Waals surface area contributed by atoms with Crippen LogP contribution in [0.3, 0.4) is 0 Å². The second kappa shape index (κ2) is 6.59. The van der Waals surface area contributed by atoms with E-state index >= 15 is 0 Å². The number of esters is 1. The summed E-state index contributed by atoms with van der Waals surface area (Å²) < 4.78 is 10.7. The van der Waals surface area contributed by atoms with Crippen LogP contribution < -0.4 is 4.74 Å². The molecule has 0 spiro atoms. The van der Waals surface area contributed by atoms with Gasteiger partial charge in [0, 0.05) is 10.9 Å². The zero-order valence-electron chi connectivity index (χ0n) is 12.5. The van der Waals surface area contributed by atoms with E-state index in [1.165, 1.54) is 0 Å². The highest BCUT2D eigenvalue weighted by Gasteiger charge is 2.15. The molecule has 0 fully saturated rings. The minimum atomic E-state index is -0.675. The Bertz CT molecular complexity index is 632. The Hall–Kier alpha value is -2.07. The fourth-order valence-electron chi connectivity index (χ4n) is 2.18. The maximum Gasteiger partial charge on any atom is 0.344 e. The van der Waals surface area contributed by atoms with Crippen LogP contribution in [0.1, 0.15) is 32.4 Å². The lowest BCUT2D eigenvalue weighted by Gasteiger charge is -2.16. The standard InChI is InChI=1S/C17H20O4/c1-11(2)21-16(19)10-20-17-14(12(3)18)9-8-13-6-4-5-7-15(13)17/h4-9,11-12,18H,10H2,1-3H3. The second-order valence-electron chi connectivity index (χ2n) is 5.21. The van der Waals surface area contributed by atoms with Gasteiger partial charge in [0.25, 0.3) is 0 Å². The predicted octanol–water partition coefficient (Wildman–Crippen LogP) is 3.22. The van der Waals surface area contributed by atoms with Crippen LogP contribution >= 0.6 is 0 Å². The lowest BCUT2D eigenvalue weighted by molar-refractivity contribution is -0.149. The van der Waals surface area contributed by atoms with Crippen molar-refractivity contribution in [1.82, 2.24) is 0 Å². The van der Waals surface area contributed by atoms with Crippen LogP contribution in [-0.4, -0.2) is 23.8 Å². The van der Waals surface area contributed by atoms with Gasteiger partial charge in [-0.05, 0) is 26.2 Å². The van der Waals surface area contributed by atoms with Crippen LogP contribution in [0.5, 0.6) is 5.75 Å². The third-order valence-corrected chi connectivity index (χ3v) is 3.06. The average molecular weight is 288 g/mol. The lowest BCUT2D eigenvalue weighted by Crippen LogP contribution is -2.19. The number of carbonyl (C=O) groups is 1. The molecule has 1 unspecified atom stereocenters. The third-order valence-electron chi connectivity index (χ3n) is 3.06. The van der Waals surface area contributed by atoms with Crippen LogP contribution in [0.15, 0.2) is 36.4 Å². The van der Waals surface area contributed by atoms with Crippen molar-refractivity contribution in [2.45, 2.75) is 33.0 Å². The molecular weight excluding hydrogens is 268 g/mol. The minimum absolute atomic E-state index is 0.175. The molecule has 2 aromatic rings. The number of rotatable bonds is 5. The fourth-order valence-corrected chi connectivity index (χ4v) is 2.18. The van der Waals surface area contributed by atoms with Gasteiger partial charge < -0.3 is 14.6 Å². The fraction of sp³-hybridized carbons (Fsp3) is 0.353. The van der Waals surface area contributed by atoms with Crippen molar-refractivity contribution >= 4 is 16.7 Å². The molecule has 0 saturated heterocycles. The largest absolute Gasteiger partial charge is 0.481 e. The summed E-state index contributed by atoms with van der Waals surface area (Å²) >= 11 is 0. The van der Waals surface area contributed by atoms with Crippen molar-refractivity contribution in [1.29, 1.82) is 0 Å². The van der Waals surface area contributed by atoms with Crippen LogP contribution in [0, 0.1) is 0 Å². The first-order valence-electron chi connectivity index (χ1n) is 7.01. The van der Waals surface area contributed by atoms with Crippen molar-refractivity contribution in [3.63, 3.8) is 0 Å². The summed E-state index contributed by atoms with van der Waals surface area (Å²) in [5.74, 6) is 0.110. The molecule has 4 nitrogen and oxygen atoms in total. The summed E-state index contributed by atoms with van der Waals surface area (Å²) in [6.07, 6.45) is -0.851. The Morgan fingerprint density at radius 1 is 1.14 bits per heavy atom. The maximum absolute atomic E-state index is 11.6. The van der Waals surface area contributed by atoms with Gasteiger partial charge in [-0.1, -0.05) is 36.4 Å². The SMILES string of the molecule is CC(C)OC(=O)COc1c(C(C)O)ccc2ccccc12. The first kappa shape index (κ1) is 15.3. The van der Waals surface area contributed by atoms with Gasteiger partial charge in [0.1, 0.15) is 5.75 Å². The van der Waals surface area contributed by atoms with Gasteiger partial charge in [0.15, 0.2) is 6.61 Å². The minimum Gasteiger partial charge on any atom is -0.481 e. The smallest absolute Gasteiger partial charge is 0.344 e. The number of aliphatic hydroxyl groups excluding tert-OH is 1. The highest BCUT2D eigenvalue weighted by molar-refractivity contribution is 5.90. The molecule has 1 N–H and O–H groups in total. The monoisotopic (exact) mass is 288 g/mol. The summed E-state index contributed by atoms with van der Waals surface area (Å²) in [5, 5.41) is 11.7. The summed E-state index contributed by atoms with van der Waals surface area (Å²) in [6.45, 7) is 5.07. The Kier molecular flexibility index (Phi) is 4.81. The molecule has 0 amide bonds. The van der Waals surface area contributed by atoms with E-state index in [1.54, 1.807) is 20.8 Å². The van der Waals surface area contributed by atoms with Gasteiger partial charge in [-0.25, -0.2) is 4.79 Å².